The molecule has 0 aliphatic carbocycles. The van der Waals surface area contributed by atoms with E-state index in [2.05, 4.69) is 87.5 Å². The lowest BCUT2D eigenvalue weighted by molar-refractivity contribution is 0.305. The number of rotatable bonds is 16. The smallest absolute Gasteiger partial charge is 0.119 e. The second kappa shape index (κ2) is 29.5. The lowest BCUT2D eigenvalue weighted by Crippen LogP contribution is -2.02. The summed E-state index contributed by atoms with van der Waals surface area (Å²) in [7, 11) is 1.66. The molecule has 0 aromatic heterocycles. The number of hydrogen-bond donors (Lipinski definition) is 3. The van der Waals surface area contributed by atoms with Crippen LogP contribution >= 0.6 is 37.2 Å². The number of ether oxygens (including phenoxy) is 4. The number of hydrogen-bond acceptors (Lipinski definition) is 7. The summed E-state index contributed by atoms with van der Waals surface area (Å²) in [6, 6.07) is 47.1. The van der Waals surface area contributed by atoms with Crippen molar-refractivity contribution in [2.24, 2.45) is 17.2 Å². The fourth-order valence-corrected chi connectivity index (χ4v) is 5.86. The van der Waals surface area contributed by atoms with Gasteiger partial charge in [-0.2, -0.15) is 0 Å². The number of methoxy groups -OCH3 is 1. The predicted octanol–water partition coefficient (Wildman–Crippen LogP) is 10.5. The van der Waals surface area contributed by atoms with E-state index in [4.69, 9.17) is 36.1 Å². The van der Waals surface area contributed by atoms with E-state index in [1.54, 1.807) is 7.11 Å². The van der Waals surface area contributed by atoms with Gasteiger partial charge >= 0.3 is 0 Å². The van der Waals surface area contributed by atoms with Crippen molar-refractivity contribution in [1.29, 1.82) is 0 Å². The minimum absolute atomic E-state index is 0. The Hall–Kier alpha value is -4.73. The molecule has 0 bridgehead atoms. The van der Waals surface area contributed by atoms with E-state index in [0.29, 0.717) is 39.5 Å². The Morgan fingerprint density at radius 1 is 0.356 bits per heavy atom. The molecule has 0 radical (unpaired) electrons. The third-order valence-corrected chi connectivity index (χ3v) is 8.82. The summed E-state index contributed by atoms with van der Waals surface area (Å²) >= 11 is 0. The summed E-state index contributed by atoms with van der Waals surface area (Å²) < 4.78 is 22.5. The maximum atomic E-state index is 5.80. The Morgan fingerprint density at radius 2 is 0.729 bits per heavy atom. The number of halogens is 3. The van der Waals surface area contributed by atoms with E-state index in [9.17, 15) is 0 Å². The highest BCUT2D eigenvalue weighted by Gasteiger charge is 2.01. The van der Waals surface area contributed by atoms with Crippen molar-refractivity contribution >= 4 is 37.2 Å². The van der Waals surface area contributed by atoms with E-state index in [-0.39, 0.29) is 37.2 Å². The van der Waals surface area contributed by atoms with Gasteiger partial charge in [-0.1, -0.05) is 108 Å². The molecule has 318 valence electrons. The largest absolute Gasteiger partial charge is 0.497 e. The third kappa shape index (κ3) is 20.2. The van der Waals surface area contributed by atoms with Crippen LogP contribution < -0.4 is 36.1 Å². The lowest BCUT2D eigenvalue weighted by atomic mass is 10.1. The van der Waals surface area contributed by atoms with Crippen LogP contribution in [0.1, 0.15) is 50.1 Å². The fraction of sp³-hybridized carbons (Fsp3) is 0.265. The summed E-state index contributed by atoms with van der Waals surface area (Å²) in [6.07, 6.45) is 2.73. The van der Waals surface area contributed by atoms with Gasteiger partial charge in [0.2, 0.25) is 0 Å². The van der Waals surface area contributed by atoms with Gasteiger partial charge in [-0.15, -0.1) is 37.2 Å². The zero-order valence-corrected chi connectivity index (χ0v) is 37.2. The molecule has 10 heteroatoms. The first-order valence-electron chi connectivity index (χ1n) is 19.3. The average Bonchev–Trinajstić information content (AvgIpc) is 3.21. The Balaban J connectivity index is 0.000000432. The second-order valence-electron chi connectivity index (χ2n) is 13.7. The molecule has 7 nitrogen and oxygen atoms in total. The van der Waals surface area contributed by atoms with Crippen molar-refractivity contribution in [2.75, 3.05) is 26.7 Å². The van der Waals surface area contributed by atoms with Gasteiger partial charge in [-0.05, 0) is 142 Å². The molecule has 0 aliphatic heterocycles. The molecule has 59 heavy (non-hydrogen) atoms. The minimum atomic E-state index is 0. The molecule has 0 unspecified atom stereocenters. The molecule has 6 rings (SSSR count). The first-order chi connectivity index (χ1) is 27.3. The zero-order valence-electron chi connectivity index (χ0n) is 34.7. The minimum Gasteiger partial charge on any atom is -0.497 e. The molecule has 0 atom stereocenters. The molecule has 6 aromatic carbocycles. The molecule has 0 amide bonds. The van der Waals surface area contributed by atoms with Gasteiger partial charge in [0.1, 0.15) is 42.8 Å². The monoisotopic (exact) mass is 861 g/mol. The van der Waals surface area contributed by atoms with E-state index in [1.807, 2.05) is 72.8 Å². The summed E-state index contributed by atoms with van der Waals surface area (Å²) in [5.74, 6) is 3.51. The zero-order chi connectivity index (χ0) is 40.0. The molecule has 6 aromatic rings. The maximum Gasteiger partial charge on any atom is 0.119 e. The molecular formula is C49H62Cl3N3O4. The molecule has 0 heterocycles. The van der Waals surface area contributed by atoms with Crippen molar-refractivity contribution in [1.82, 2.24) is 0 Å². The average molecular weight is 863 g/mol. The molecule has 0 fully saturated rings. The predicted molar refractivity (Wildman–Crippen MR) is 252 cm³/mol. The van der Waals surface area contributed by atoms with Crippen molar-refractivity contribution in [2.45, 2.75) is 59.9 Å². The van der Waals surface area contributed by atoms with Crippen LogP contribution in [0, 0.1) is 20.8 Å². The standard InChI is InChI=1S/C17H21NO.C16H19NO2.C16H19NO.3ClH/c1-13-9-14(2)11-16(10-13)12-19-17-5-3-15(4-6-17)7-8-18;1-18-16-4-2-3-14(11-16)12-19-15-7-5-13(6-8-15)9-10-17;1-13-2-4-15(5-3-13)12-18-16-8-6-14(7-9-16)10-11-17;;;/h3-6,9-11H,7-8,12,18H2,1-2H3;2-8,11H,9-10,12,17H2,1H3;2-9H,10-12,17H2,1H3;3*1H. The van der Waals surface area contributed by atoms with Gasteiger partial charge in [0.25, 0.3) is 0 Å². The highest BCUT2D eigenvalue weighted by molar-refractivity contribution is 5.86. The van der Waals surface area contributed by atoms with Crippen LogP contribution in [0.5, 0.6) is 23.0 Å². The topological polar surface area (TPSA) is 115 Å². The first kappa shape index (κ1) is 52.3. The lowest BCUT2D eigenvalue weighted by Gasteiger charge is -2.09. The highest BCUT2D eigenvalue weighted by Crippen LogP contribution is 2.19. The van der Waals surface area contributed by atoms with E-state index in [1.165, 1.54) is 44.5 Å². The summed E-state index contributed by atoms with van der Waals surface area (Å²) in [6.45, 7) is 10.1. The number of benzene rings is 6. The van der Waals surface area contributed by atoms with Gasteiger partial charge < -0.3 is 36.1 Å². The number of nitrogens with two attached hydrogens (primary N) is 3. The van der Waals surface area contributed by atoms with Crippen LogP contribution in [0.15, 0.2) is 140 Å². The maximum absolute atomic E-state index is 5.80. The van der Waals surface area contributed by atoms with Crippen molar-refractivity contribution in [3.05, 3.63) is 190 Å². The quantitative estimate of drug-likeness (QED) is 0.0888. The van der Waals surface area contributed by atoms with Crippen LogP contribution in [0.25, 0.3) is 0 Å². The van der Waals surface area contributed by atoms with Gasteiger partial charge in [0.05, 0.1) is 7.11 Å². The van der Waals surface area contributed by atoms with E-state index in [0.717, 1.165) is 47.8 Å². The van der Waals surface area contributed by atoms with Crippen LogP contribution in [-0.4, -0.2) is 26.7 Å². The van der Waals surface area contributed by atoms with Gasteiger partial charge in [-0.3, -0.25) is 0 Å². The molecule has 0 aliphatic rings. The molecule has 0 saturated carbocycles. The van der Waals surface area contributed by atoms with Crippen LogP contribution in [0.3, 0.4) is 0 Å². The normalized spacial score (nSPS) is 9.81. The highest BCUT2D eigenvalue weighted by atomic mass is 35.5. The Bertz CT molecular complexity index is 1970. The van der Waals surface area contributed by atoms with Crippen molar-refractivity contribution in [3.8, 4) is 23.0 Å². The van der Waals surface area contributed by atoms with E-state index < -0.39 is 0 Å². The Morgan fingerprint density at radius 3 is 1.12 bits per heavy atom. The van der Waals surface area contributed by atoms with Crippen molar-refractivity contribution in [3.63, 3.8) is 0 Å². The molecule has 0 saturated heterocycles. The second-order valence-corrected chi connectivity index (χ2v) is 13.7. The fourth-order valence-electron chi connectivity index (χ4n) is 5.86. The van der Waals surface area contributed by atoms with Gasteiger partial charge in [0, 0.05) is 0 Å². The molecule has 6 N–H and O–H groups in total. The third-order valence-electron chi connectivity index (χ3n) is 8.82. The van der Waals surface area contributed by atoms with Crippen molar-refractivity contribution < 1.29 is 18.9 Å². The summed E-state index contributed by atoms with van der Waals surface area (Å²) in [5, 5.41) is 0. The summed E-state index contributed by atoms with van der Waals surface area (Å²) in [5.41, 5.74) is 27.6. The van der Waals surface area contributed by atoms with Crippen LogP contribution in [-0.2, 0) is 39.1 Å². The van der Waals surface area contributed by atoms with Crippen LogP contribution in [0.2, 0.25) is 0 Å². The number of aryl methyl sites for hydroxylation is 3. The Kier molecular flexibility index (Phi) is 26.1. The van der Waals surface area contributed by atoms with E-state index >= 15 is 0 Å². The van der Waals surface area contributed by atoms with Crippen LogP contribution in [0.4, 0.5) is 0 Å². The molecular weight excluding hydrogens is 801 g/mol. The van der Waals surface area contributed by atoms with Gasteiger partial charge in [-0.25, -0.2) is 0 Å². The first-order valence-corrected chi connectivity index (χ1v) is 19.3. The summed E-state index contributed by atoms with van der Waals surface area (Å²) in [4.78, 5) is 0. The van der Waals surface area contributed by atoms with Gasteiger partial charge in [0.15, 0.2) is 0 Å². The SMILES string of the molecule is COc1cccc(COc2ccc(CCN)cc2)c1.Cc1cc(C)cc(COc2ccc(CCN)cc2)c1.Cc1ccc(COc2ccc(CCN)cc2)cc1.Cl.Cl.Cl. The Labute approximate surface area is 370 Å². The molecule has 0 spiro atoms.